The normalized spacial score (nSPS) is 25.6. The van der Waals surface area contributed by atoms with Gasteiger partial charge in [-0.05, 0) is 19.1 Å². The van der Waals surface area contributed by atoms with E-state index >= 15 is 0 Å². The quantitative estimate of drug-likeness (QED) is 0.867. The second-order valence-corrected chi connectivity index (χ2v) is 6.32. The summed E-state index contributed by atoms with van der Waals surface area (Å²) in [6.45, 7) is 1.63. The van der Waals surface area contributed by atoms with Crippen LogP contribution in [0.25, 0.3) is 0 Å². The van der Waals surface area contributed by atoms with Gasteiger partial charge in [0.05, 0.1) is 6.10 Å². The Morgan fingerprint density at radius 3 is 2.28 bits per heavy atom. The number of ketones is 2. The molecule has 0 amide bonds. The molecule has 2 aromatic rings. The van der Waals surface area contributed by atoms with E-state index in [2.05, 4.69) is 0 Å². The van der Waals surface area contributed by atoms with Gasteiger partial charge in [0, 0.05) is 34.3 Å². The van der Waals surface area contributed by atoms with E-state index in [4.69, 9.17) is 4.74 Å². The predicted octanol–water partition coefficient (Wildman–Crippen LogP) is 3.16. The van der Waals surface area contributed by atoms with Gasteiger partial charge in [-0.15, -0.1) is 0 Å². The molecule has 0 radical (unpaired) electrons. The van der Waals surface area contributed by atoms with Gasteiger partial charge < -0.3 is 9.84 Å². The number of aliphatic hydroxyl groups is 1. The molecule has 0 bridgehead atoms. The molecule has 126 valence electrons. The zero-order valence-corrected chi connectivity index (χ0v) is 13.5. The maximum absolute atomic E-state index is 13.2. The molecule has 1 aliphatic carbocycles. The summed E-state index contributed by atoms with van der Waals surface area (Å²) in [5.41, 5.74) is 1.58. The second kappa shape index (κ2) is 5.44. The molecule has 2 aromatic carbocycles. The molecule has 5 heteroatoms. The van der Waals surface area contributed by atoms with Crippen LogP contribution < -0.4 is 0 Å². The number of hydrogen-bond acceptors (Lipinski definition) is 4. The molecule has 1 aliphatic heterocycles. The number of ether oxygens (including phenoxy) is 1. The van der Waals surface area contributed by atoms with E-state index in [1.807, 2.05) is 0 Å². The van der Waals surface area contributed by atoms with Gasteiger partial charge in [0.2, 0.25) is 0 Å². The molecule has 1 N–H and O–H groups in total. The molecule has 2 atom stereocenters. The van der Waals surface area contributed by atoms with Crippen molar-refractivity contribution in [3.63, 3.8) is 0 Å². The summed E-state index contributed by atoms with van der Waals surface area (Å²) in [5.74, 6) is -2.75. The van der Waals surface area contributed by atoms with Gasteiger partial charge in [-0.1, -0.05) is 36.4 Å². The van der Waals surface area contributed by atoms with Crippen LogP contribution in [0, 0.1) is 5.82 Å². The van der Waals surface area contributed by atoms with Crippen LogP contribution in [0.2, 0.25) is 0 Å². The molecule has 2 unspecified atom stereocenters. The molecule has 0 aromatic heterocycles. The van der Waals surface area contributed by atoms with Crippen molar-refractivity contribution in [1.82, 2.24) is 0 Å². The lowest BCUT2D eigenvalue weighted by atomic mass is 9.77. The summed E-state index contributed by atoms with van der Waals surface area (Å²) >= 11 is 0. The lowest BCUT2D eigenvalue weighted by Crippen LogP contribution is -2.43. The average molecular weight is 338 g/mol. The molecular weight excluding hydrogens is 323 g/mol. The van der Waals surface area contributed by atoms with Crippen LogP contribution in [0.1, 0.15) is 39.6 Å². The van der Waals surface area contributed by atoms with Crippen LogP contribution in [-0.2, 0) is 10.5 Å². The summed E-state index contributed by atoms with van der Waals surface area (Å²) in [6.07, 6.45) is -0.916. The van der Waals surface area contributed by atoms with Crippen molar-refractivity contribution in [1.29, 1.82) is 0 Å². The molecule has 25 heavy (non-hydrogen) atoms. The second-order valence-electron chi connectivity index (χ2n) is 6.32. The highest BCUT2D eigenvalue weighted by molar-refractivity contribution is 6.27. The third-order valence-electron chi connectivity index (χ3n) is 4.75. The number of rotatable bonds is 1. The zero-order valence-electron chi connectivity index (χ0n) is 13.5. The Kier molecular flexibility index (Phi) is 3.45. The van der Waals surface area contributed by atoms with Crippen LogP contribution in [0.15, 0.2) is 59.7 Å². The van der Waals surface area contributed by atoms with E-state index in [-0.39, 0.29) is 29.1 Å². The number of hydrogen-bond donors (Lipinski definition) is 1. The number of Topliss-reactive ketones (excluding diaryl/α,β-unsaturated/α-hetero) is 2. The lowest BCUT2D eigenvalue weighted by molar-refractivity contribution is -0.233. The Hall–Kier alpha value is -2.63. The van der Waals surface area contributed by atoms with Crippen molar-refractivity contribution in [2.75, 3.05) is 0 Å². The van der Waals surface area contributed by atoms with E-state index in [0.717, 1.165) is 0 Å². The lowest BCUT2D eigenvalue weighted by Gasteiger charge is -2.39. The highest BCUT2D eigenvalue weighted by Gasteiger charge is 2.46. The summed E-state index contributed by atoms with van der Waals surface area (Å²) in [4.78, 5) is 25.7. The zero-order chi connectivity index (χ0) is 17.8. The van der Waals surface area contributed by atoms with E-state index in [1.54, 1.807) is 31.2 Å². The highest BCUT2D eigenvalue weighted by atomic mass is 19.1. The molecule has 4 rings (SSSR count). The smallest absolute Gasteiger partial charge is 0.197 e. The minimum Gasteiger partial charge on any atom is -0.361 e. The third-order valence-corrected chi connectivity index (χ3v) is 4.75. The third kappa shape index (κ3) is 2.35. The van der Waals surface area contributed by atoms with Crippen molar-refractivity contribution in [2.45, 2.75) is 25.2 Å². The number of carbonyl (C=O) groups excluding carboxylic acids is 2. The first-order valence-corrected chi connectivity index (χ1v) is 7.98. The molecule has 0 fully saturated rings. The molecule has 0 saturated carbocycles. The van der Waals surface area contributed by atoms with E-state index < -0.39 is 17.7 Å². The summed E-state index contributed by atoms with van der Waals surface area (Å²) < 4.78 is 18.9. The fraction of sp³-hybridized carbons (Fsp3) is 0.200. The summed E-state index contributed by atoms with van der Waals surface area (Å²) in [6, 6.07) is 11.9. The van der Waals surface area contributed by atoms with Crippen molar-refractivity contribution >= 4 is 11.6 Å². The first kappa shape index (κ1) is 15.9. The Balaban J connectivity index is 1.82. The highest BCUT2D eigenvalue weighted by Crippen LogP contribution is 2.43. The Labute approximate surface area is 143 Å². The largest absolute Gasteiger partial charge is 0.361 e. The number of carbonyl (C=O) groups is 2. The van der Waals surface area contributed by atoms with Crippen molar-refractivity contribution < 1.29 is 23.8 Å². The average Bonchev–Trinajstić information content (AvgIpc) is 2.59. The fourth-order valence-corrected chi connectivity index (χ4v) is 3.56. The van der Waals surface area contributed by atoms with Gasteiger partial charge in [-0.3, -0.25) is 9.59 Å². The van der Waals surface area contributed by atoms with Crippen molar-refractivity contribution in [3.05, 3.63) is 82.2 Å². The van der Waals surface area contributed by atoms with Crippen LogP contribution in [-0.4, -0.2) is 22.8 Å². The Morgan fingerprint density at radius 1 is 1.04 bits per heavy atom. The first-order valence-electron chi connectivity index (χ1n) is 7.98. The Morgan fingerprint density at radius 2 is 1.64 bits per heavy atom. The van der Waals surface area contributed by atoms with Gasteiger partial charge in [0.15, 0.2) is 17.4 Å². The van der Waals surface area contributed by atoms with Crippen molar-refractivity contribution in [3.8, 4) is 0 Å². The van der Waals surface area contributed by atoms with Crippen LogP contribution >= 0.6 is 0 Å². The van der Waals surface area contributed by atoms with E-state index in [9.17, 15) is 19.1 Å². The van der Waals surface area contributed by atoms with Gasteiger partial charge in [0.25, 0.3) is 0 Å². The number of benzene rings is 2. The Bertz CT molecular complexity index is 929. The predicted molar refractivity (Wildman–Crippen MR) is 87.6 cm³/mol. The molecule has 0 saturated heterocycles. The van der Waals surface area contributed by atoms with Gasteiger partial charge >= 0.3 is 0 Å². The van der Waals surface area contributed by atoms with E-state index in [0.29, 0.717) is 16.7 Å². The van der Waals surface area contributed by atoms with Crippen LogP contribution in [0.4, 0.5) is 4.39 Å². The van der Waals surface area contributed by atoms with Gasteiger partial charge in [0.1, 0.15) is 5.82 Å². The molecule has 1 heterocycles. The topological polar surface area (TPSA) is 63.6 Å². The molecule has 0 spiro atoms. The van der Waals surface area contributed by atoms with Gasteiger partial charge in [-0.2, -0.15) is 0 Å². The van der Waals surface area contributed by atoms with E-state index in [1.165, 1.54) is 24.3 Å². The maximum atomic E-state index is 13.2. The standard InChI is InChI=1S/C20H15FO4/c1-11-17-16(18(22)14-4-2-3-5-15(14)19(17)23)10-20(24,25-11)12-6-8-13(21)9-7-12/h2-9,11,24H,10H2,1H3. The van der Waals surface area contributed by atoms with Crippen LogP contribution in [0.3, 0.4) is 0 Å². The van der Waals surface area contributed by atoms with Gasteiger partial charge in [-0.25, -0.2) is 4.39 Å². The SMILES string of the molecule is CC1OC(O)(c2ccc(F)cc2)CC2=C1C(=O)c1ccccc1C2=O. The van der Waals surface area contributed by atoms with Crippen molar-refractivity contribution in [2.24, 2.45) is 0 Å². The summed E-state index contributed by atoms with van der Waals surface area (Å²) in [7, 11) is 0. The molecular formula is C20H15FO4. The fourth-order valence-electron chi connectivity index (χ4n) is 3.56. The molecule has 4 nitrogen and oxygen atoms in total. The number of fused-ring (bicyclic) bond motifs is 1. The monoisotopic (exact) mass is 338 g/mol. The number of halogens is 1. The minimum atomic E-state index is -1.78. The summed E-state index contributed by atoms with van der Waals surface area (Å²) in [5, 5.41) is 11.0. The molecule has 2 aliphatic rings. The minimum absolute atomic E-state index is 0.156. The first-order chi connectivity index (χ1) is 11.9. The maximum Gasteiger partial charge on any atom is 0.197 e. The van der Waals surface area contributed by atoms with Crippen LogP contribution in [0.5, 0.6) is 0 Å².